The van der Waals surface area contributed by atoms with E-state index in [1.165, 1.54) is 6.92 Å². The summed E-state index contributed by atoms with van der Waals surface area (Å²) in [5.41, 5.74) is 6.49. The Labute approximate surface area is 183 Å². The summed E-state index contributed by atoms with van der Waals surface area (Å²) < 4.78 is 0. The van der Waals surface area contributed by atoms with Crippen LogP contribution in [0.25, 0.3) is 5.57 Å². The minimum atomic E-state index is -0.686. The van der Waals surface area contributed by atoms with Crippen molar-refractivity contribution in [3.63, 3.8) is 0 Å². The lowest BCUT2D eigenvalue weighted by Crippen LogP contribution is -2.37. The summed E-state index contributed by atoms with van der Waals surface area (Å²) in [6, 6.07) is 24.8. The van der Waals surface area contributed by atoms with Crippen molar-refractivity contribution in [3.8, 4) is 0 Å². The number of rotatable bonds is 5. The second-order valence-electron chi connectivity index (χ2n) is 7.91. The first-order valence-corrected chi connectivity index (χ1v) is 10.5. The molecule has 4 rings (SSSR count). The second-order valence-corrected chi connectivity index (χ2v) is 7.91. The monoisotopic (exact) mass is 410 g/mol. The SMILES string of the molecule is CC(=O)[C@@H](NC(=O)C1=C(C)N(c2ccccc2)Cc2c(C)cccc21)c1ccccc1. The van der Waals surface area contributed by atoms with Crippen molar-refractivity contribution in [1.29, 1.82) is 0 Å². The number of amides is 1. The van der Waals surface area contributed by atoms with Gasteiger partial charge in [-0.2, -0.15) is 0 Å². The number of benzene rings is 3. The molecular formula is C27H26N2O2. The number of Topliss-reactive ketones (excluding diaryl/α,β-unsaturated/α-hetero) is 1. The lowest BCUT2D eigenvalue weighted by molar-refractivity contribution is -0.124. The zero-order chi connectivity index (χ0) is 22.0. The fraction of sp³-hybridized carbons (Fsp3) is 0.185. The van der Waals surface area contributed by atoms with Crippen molar-refractivity contribution in [2.75, 3.05) is 4.90 Å². The second kappa shape index (κ2) is 8.60. The van der Waals surface area contributed by atoms with Gasteiger partial charge in [0.2, 0.25) is 0 Å². The molecule has 31 heavy (non-hydrogen) atoms. The number of para-hydroxylation sites is 1. The van der Waals surface area contributed by atoms with Crippen molar-refractivity contribution < 1.29 is 9.59 Å². The van der Waals surface area contributed by atoms with Crippen LogP contribution in [0.2, 0.25) is 0 Å². The molecule has 1 N–H and O–H groups in total. The summed E-state index contributed by atoms with van der Waals surface area (Å²) >= 11 is 0. The first kappa shape index (κ1) is 20.6. The Morgan fingerprint density at radius 1 is 0.871 bits per heavy atom. The summed E-state index contributed by atoms with van der Waals surface area (Å²) in [4.78, 5) is 28.2. The molecule has 1 amide bonds. The number of fused-ring (bicyclic) bond motifs is 1. The molecule has 3 aromatic rings. The van der Waals surface area contributed by atoms with Crippen LogP contribution < -0.4 is 10.2 Å². The molecule has 0 bridgehead atoms. The van der Waals surface area contributed by atoms with E-state index in [-0.39, 0.29) is 11.7 Å². The van der Waals surface area contributed by atoms with E-state index in [0.717, 1.165) is 33.6 Å². The predicted molar refractivity (Wildman–Crippen MR) is 124 cm³/mol. The predicted octanol–water partition coefficient (Wildman–Crippen LogP) is 5.19. The van der Waals surface area contributed by atoms with Crippen LogP contribution in [-0.4, -0.2) is 11.7 Å². The van der Waals surface area contributed by atoms with Crippen LogP contribution >= 0.6 is 0 Å². The van der Waals surface area contributed by atoms with Gasteiger partial charge in [-0.25, -0.2) is 0 Å². The van der Waals surface area contributed by atoms with E-state index < -0.39 is 6.04 Å². The molecule has 0 spiro atoms. The van der Waals surface area contributed by atoms with E-state index in [1.54, 1.807) is 0 Å². The van der Waals surface area contributed by atoms with Gasteiger partial charge in [0.15, 0.2) is 5.78 Å². The Morgan fingerprint density at radius 3 is 2.16 bits per heavy atom. The van der Waals surface area contributed by atoms with Crippen LogP contribution in [0.5, 0.6) is 0 Å². The molecule has 0 aromatic heterocycles. The highest BCUT2D eigenvalue weighted by molar-refractivity contribution is 6.22. The molecule has 1 aliphatic rings. The largest absolute Gasteiger partial charge is 0.340 e. The Kier molecular flexibility index (Phi) is 5.72. The Morgan fingerprint density at radius 2 is 1.52 bits per heavy atom. The average molecular weight is 411 g/mol. The summed E-state index contributed by atoms with van der Waals surface area (Å²) in [5.74, 6) is -0.341. The van der Waals surface area contributed by atoms with Crippen LogP contribution in [0, 0.1) is 6.92 Å². The molecule has 1 aliphatic heterocycles. The van der Waals surface area contributed by atoms with Crippen LogP contribution in [0.4, 0.5) is 5.69 Å². The highest BCUT2D eigenvalue weighted by Gasteiger charge is 2.30. The van der Waals surface area contributed by atoms with Gasteiger partial charge in [0.05, 0.1) is 5.57 Å². The molecular weight excluding hydrogens is 384 g/mol. The average Bonchev–Trinajstić information content (AvgIpc) is 2.78. The first-order valence-electron chi connectivity index (χ1n) is 10.5. The smallest absolute Gasteiger partial charge is 0.254 e. The summed E-state index contributed by atoms with van der Waals surface area (Å²) in [5, 5.41) is 2.99. The van der Waals surface area contributed by atoms with E-state index in [0.29, 0.717) is 12.1 Å². The van der Waals surface area contributed by atoms with E-state index in [4.69, 9.17) is 0 Å². The number of hydrogen-bond donors (Lipinski definition) is 1. The highest BCUT2D eigenvalue weighted by atomic mass is 16.2. The molecule has 1 atom stereocenters. The van der Waals surface area contributed by atoms with E-state index >= 15 is 0 Å². The number of anilines is 1. The zero-order valence-electron chi connectivity index (χ0n) is 18.1. The summed E-state index contributed by atoms with van der Waals surface area (Å²) in [6.45, 7) is 6.25. The van der Waals surface area contributed by atoms with Crippen molar-refractivity contribution in [2.24, 2.45) is 0 Å². The number of nitrogens with one attached hydrogen (secondary N) is 1. The number of allylic oxidation sites excluding steroid dienone is 1. The minimum absolute atomic E-state index is 0.0991. The van der Waals surface area contributed by atoms with Crippen LogP contribution in [0.1, 0.15) is 42.1 Å². The van der Waals surface area contributed by atoms with E-state index in [2.05, 4.69) is 23.2 Å². The van der Waals surface area contributed by atoms with Crippen molar-refractivity contribution >= 4 is 23.0 Å². The zero-order valence-corrected chi connectivity index (χ0v) is 18.1. The molecule has 0 fully saturated rings. The third-order valence-corrected chi connectivity index (χ3v) is 5.87. The lowest BCUT2D eigenvalue weighted by atomic mass is 9.89. The molecule has 4 nitrogen and oxygen atoms in total. The van der Waals surface area contributed by atoms with Crippen molar-refractivity contribution in [2.45, 2.75) is 33.4 Å². The van der Waals surface area contributed by atoms with Crippen molar-refractivity contribution in [3.05, 3.63) is 107 Å². The van der Waals surface area contributed by atoms with E-state index in [9.17, 15) is 9.59 Å². The van der Waals surface area contributed by atoms with Gasteiger partial charge in [-0.3, -0.25) is 9.59 Å². The van der Waals surface area contributed by atoms with Crippen LogP contribution in [0.15, 0.2) is 84.6 Å². The standard InChI is InChI=1S/C27H26N2O2/c1-18-11-10-16-23-24(18)17-29(22-14-8-5-9-15-22)19(2)25(23)27(31)28-26(20(3)30)21-12-6-4-7-13-21/h4-16,26H,17H2,1-3H3,(H,28,31)/t26-/m1/s1. The van der Waals surface area contributed by atoms with Gasteiger partial charge in [-0.05, 0) is 55.2 Å². The topological polar surface area (TPSA) is 49.4 Å². The van der Waals surface area contributed by atoms with E-state index in [1.807, 2.05) is 79.7 Å². The molecule has 156 valence electrons. The highest BCUT2D eigenvalue weighted by Crippen LogP contribution is 2.36. The maximum Gasteiger partial charge on any atom is 0.254 e. The van der Waals surface area contributed by atoms with Gasteiger partial charge in [0.1, 0.15) is 6.04 Å². The third kappa shape index (κ3) is 4.02. The molecule has 4 heteroatoms. The molecule has 3 aromatic carbocycles. The maximum absolute atomic E-state index is 13.6. The number of hydrogen-bond acceptors (Lipinski definition) is 3. The molecule has 1 heterocycles. The fourth-order valence-corrected chi connectivity index (χ4v) is 4.20. The van der Waals surface area contributed by atoms with Gasteiger partial charge < -0.3 is 10.2 Å². The maximum atomic E-state index is 13.6. The normalized spacial score (nSPS) is 14.1. The van der Waals surface area contributed by atoms with Gasteiger partial charge in [-0.15, -0.1) is 0 Å². The number of aryl methyl sites for hydroxylation is 1. The molecule has 0 saturated heterocycles. The summed E-state index contributed by atoms with van der Waals surface area (Å²) in [7, 11) is 0. The lowest BCUT2D eigenvalue weighted by Gasteiger charge is -2.34. The Bertz CT molecular complexity index is 1150. The number of nitrogens with zero attached hydrogens (tertiary/aromatic N) is 1. The van der Waals surface area contributed by atoms with Crippen LogP contribution in [-0.2, 0) is 16.1 Å². The molecule has 0 saturated carbocycles. The van der Waals surface area contributed by atoms with Gasteiger partial charge >= 0.3 is 0 Å². The van der Waals surface area contributed by atoms with Gasteiger partial charge in [-0.1, -0.05) is 66.7 Å². The van der Waals surface area contributed by atoms with Crippen LogP contribution in [0.3, 0.4) is 0 Å². The number of carbonyl (C=O) groups is 2. The van der Waals surface area contributed by atoms with Gasteiger partial charge in [0.25, 0.3) is 5.91 Å². The fourth-order valence-electron chi connectivity index (χ4n) is 4.20. The Hall–Kier alpha value is -3.66. The Balaban J connectivity index is 1.79. The first-order chi connectivity index (χ1) is 15.0. The number of carbonyl (C=O) groups excluding carboxylic acids is 2. The molecule has 0 radical (unpaired) electrons. The molecule has 0 aliphatic carbocycles. The summed E-state index contributed by atoms with van der Waals surface area (Å²) in [6.07, 6.45) is 0. The molecule has 0 unspecified atom stereocenters. The third-order valence-electron chi connectivity index (χ3n) is 5.87. The minimum Gasteiger partial charge on any atom is -0.340 e. The quantitative estimate of drug-likeness (QED) is 0.630. The van der Waals surface area contributed by atoms with Gasteiger partial charge in [0, 0.05) is 17.9 Å². The van der Waals surface area contributed by atoms with Crippen molar-refractivity contribution in [1.82, 2.24) is 5.32 Å². The number of ketones is 1.